The van der Waals surface area contributed by atoms with Gasteiger partial charge in [0.2, 0.25) is 5.91 Å². The van der Waals surface area contributed by atoms with Crippen molar-refractivity contribution in [2.24, 2.45) is 11.5 Å². The Morgan fingerprint density at radius 1 is 0.688 bits per heavy atom. The normalized spacial score (nSPS) is 12.8. The first-order valence-corrected chi connectivity index (χ1v) is 13.6. The number of carbonyl (C=O) groups excluding carboxylic acids is 2. The summed E-state index contributed by atoms with van der Waals surface area (Å²) < 4.78 is 0. The van der Waals surface area contributed by atoms with Gasteiger partial charge in [-0.15, -0.1) is 0 Å². The summed E-state index contributed by atoms with van der Waals surface area (Å²) >= 11 is 0. The summed E-state index contributed by atoms with van der Waals surface area (Å²) in [6.45, 7) is 1.30. The van der Waals surface area contributed by atoms with Gasteiger partial charge in [0.1, 0.15) is 11.0 Å². The average Bonchev–Trinajstić information content (AvgIpc) is 2.74. The number of nitrogens with two attached hydrogens (primary N) is 2. The molecule has 0 aliphatic rings. The molecule has 0 aromatic carbocycles. The Bertz CT molecular complexity index is 518. The van der Waals surface area contributed by atoms with Gasteiger partial charge in [-0.2, -0.15) is 0 Å². The van der Waals surface area contributed by atoms with Crippen molar-refractivity contribution in [1.82, 2.24) is 5.32 Å². The molecule has 0 aromatic heterocycles. The SMILES string of the molecule is NCCCCCCCC(=O)CC(SSC(NC(=O)CCCCCCCN)C(=O)O)C(=O)O. The van der Waals surface area contributed by atoms with E-state index in [0.29, 0.717) is 32.4 Å². The van der Waals surface area contributed by atoms with Gasteiger partial charge in [0.05, 0.1) is 0 Å². The third-order valence-electron chi connectivity index (χ3n) is 4.74. The van der Waals surface area contributed by atoms with Gasteiger partial charge in [-0.1, -0.05) is 60.1 Å². The Morgan fingerprint density at radius 2 is 1.19 bits per heavy atom. The smallest absolute Gasteiger partial charge is 0.337 e. The minimum atomic E-state index is -1.27. The van der Waals surface area contributed by atoms with Crippen molar-refractivity contribution >= 4 is 45.2 Å². The van der Waals surface area contributed by atoms with E-state index >= 15 is 0 Å². The van der Waals surface area contributed by atoms with Crippen molar-refractivity contribution in [2.75, 3.05) is 13.1 Å². The van der Waals surface area contributed by atoms with Gasteiger partial charge in [-0.25, -0.2) is 4.79 Å². The van der Waals surface area contributed by atoms with E-state index in [1.165, 1.54) is 0 Å². The molecule has 0 aromatic rings. The van der Waals surface area contributed by atoms with E-state index in [1.807, 2.05) is 0 Å². The molecule has 186 valence electrons. The molecule has 7 N–H and O–H groups in total. The summed E-state index contributed by atoms with van der Waals surface area (Å²) in [6.07, 6.45) is 9.36. The number of carboxylic acid groups (broad SMARTS) is 2. The molecule has 0 radical (unpaired) electrons. The Morgan fingerprint density at radius 3 is 1.69 bits per heavy atom. The molecular formula is C21H39N3O6S2. The zero-order valence-corrected chi connectivity index (χ0v) is 20.4. The molecule has 0 aliphatic heterocycles. The maximum absolute atomic E-state index is 12.1. The number of aliphatic carboxylic acids is 2. The molecule has 0 saturated heterocycles. The number of carbonyl (C=O) groups is 4. The second-order valence-electron chi connectivity index (χ2n) is 7.66. The fraction of sp³-hybridized carbons (Fsp3) is 0.810. The van der Waals surface area contributed by atoms with Crippen LogP contribution in [0, 0.1) is 0 Å². The van der Waals surface area contributed by atoms with Crippen molar-refractivity contribution in [3.05, 3.63) is 0 Å². The van der Waals surface area contributed by atoms with Crippen LogP contribution in [0.3, 0.4) is 0 Å². The summed E-state index contributed by atoms with van der Waals surface area (Å²) in [5.41, 5.74) is 10.9. The third kappa shape index (κ3) is 17.3. The van der Waals surface area contributed by atoms with Crippen LogP contribution in [0.25, 0.3) is 0 Å². The lowest BCUT2D eigenvalue weighted by Gasteiger charge is -2.16. The van der Waals surface area contributed by atoms with Crippen molar-refractivity contribution in [3.8, 4) is 0 Å². The molecule has 0 bridgehead atoms. The number of hydrogen-bond donors (Lipinski definition) is 5. The first-order chi connectivity index (χ1) is 15.3. The molecule has 9 nitrogen and oxygen atoms in total. The van der Waals surface area contributed by atoms with Gasteiger partial charge < -0.3 is 27.0 Å². The number of Topliss-reactive ketones (excluding diaryl/α,β-unsaturated/α-hetero) is 1. The van der Waals surface area contributed by atoms with Gasteiger partial charge in [0, 0.05) is 19.3 Å². The lowest BCUT2D eigenvalue weighted by Crippen LogP contribution is -2.38. The molecule has 0 heterocycles. The van der Waals surface area contributed by atoms with Crippen LogP contribution >= 0.6 is 21.6 Å². The standard InChI is InChI=1S/C21H39N3O6S2/c22-13-9-5-1-3-7-11-16(25)15-17(20(27)28)31-32-19(21(29)30)24-18(26)12-8-4-2-6-10-14-23/h17,19H,1-15,22-23H2,(H,24,26)(H,27,28)(H,29,30). The lowest BCUT2D eigenvalue weighted by molar-refractivity contribution is -0.139. The van der Waals surface area contributed by atoms with Crippen LogP contribution in [0.2, 0.25) is 0 Å². The Balaban J connectivity index is 4.33. The molecule has 0 rings (SSSR count). The molecule has 0 spiro atoms. The number of hydrogen-bond acceptors (Lipinski definition) is 8. The van der Waals surface area contributed by atoms with Gasteiger partial charge in [0.15, 0.2) is 5.37 Å². The first kappa shape index (κ1) is 30.7. The Labute approximate surface area is 198 Å². The van der Waals surface area contributed by atoms with Crippen LogP contribution < -0.4 is 16.8 Å². The van der Waals surface area contributed by atoms with Crippen molar-refractivity contribution in [3.63, 3.8) is 0 Å². The van der Waals surface area contributed by atoms with Gasteiger partial charge >= 0.3 is 11.9 Å². The first-order valence-electron chi connectivity index (χ1n) is 11.3. The topological polar surface area (TPSA) is 173 Å². The highest BCUT2D eigenvalue weighted by atomic mass is 33.1. The molecule has 32 heavy (non-hydrogen) atoms. The van der Waals surface area contributed by atoms with Gasteiger partial charge in [-0.05, 0) is 38.8 Å². The van der Waals surface area contributed by atoms with Crippen LogP contribution in [0.4, 0.5) is 0 Å². The summed E-state index contributed by atoms with van der Waals surface area (Å²) in [4.78, 5) is 47.1. The number of ketones is 1. The van der Waals surface area contributed by atoms with Crippen LogP contribution in [-0.2, 0) is 19.2 Å². The molecule has 1 amide bonds. The third-order valence-corrected chi connectivity index (χ3v) is 7.57. The molecule has 2 unspecified atom stereocenters. The second kappa shape index (κ2) is 20.3. The highest BCUT2D eigenvalue weighted by Crippen LogP contribution is 2.33. The zero-order valence-electron chi connectivity index (χ0n) is 18.8. The fourth-order valence-electron chi connectivity index (χ4n) is 2.90. The number of amides is 1. The molecule has 0 fully saturated rings. The molecule has 0 saturated carbocycles. The highest BCUT2D eigenvalue weighted by molar-refractivity contribution is 8.77. The largest absolute Gasteiger partial charge is 0.480 e. The van der Waals surface area contributed by atoms with E-state index in [9.17, 15) is 29.4 Å². The van der Waals surface area contributed by atoms with E-state index in [1.54, 1.807) is 0 Å². The van der Waals surface area contributed by atoms with Gasteiger partial charge in [-0.3, -0.25) is 14.4 Å². The van der Waals surface area contributed by atoms with E-state index in [4.69, 9.17) is 11.5 Å². The van der Waals surface area contributed by atoms with Crippen molar-refractivity contribution < 1.29 is 29.4 Å². The van der Waals surface area contributed by atoms with Crippen LogP contribution in [0.1, 0.15) is 83.5 Å². The highest BCUT2D eigenvalue weighted by Gasteiger charge is 2.27. The number of carboxylic acids is 2. The van der Waals surface area contributed by atoms with Crippen LogP contribution in [0.5, 0.6) is 0 Å². The predicted octanol–water partition coefficient (Wildman–Crippen LogP) is 2.91. The maximum atomic E-state index is 12.1. The quantitative estimate of drug-likeness (QED) is 0.0857. The minimum Gasteiger partial charge on any atom is -0.480 e. The monoisotopic (exact) mass is 493 g/mol. The molecular weight excluding hydrogens is 454 g/mol. The summed E-state index contributed by atoms with van der Waals surface area (Å²) in [5, 5.41) is 18.8. The zero-order chi connectivity index (χ0) is 24.2. The predicted molar refractivity (Wildman–Crippen MR) is 129 cm³/mol. The van der Waals surface area contributed by atoms with Crippen LogP contribution in [-0.4, -0.2) is 57.6 Å². The number of unbranched alkanes of at least 4 members (excludes halogenated alkanes) is 8. The summed E-state index contributed by atoms with van der Waals surface area (Å²) in [6, 6.07) is 0. The maximum Gasteiger partial charge on any atom is 0.337 e. The van der Waals surface area contributed by atoms with Crippen molar-refractivity contribution in [2.45, 2.75) is 94.1 Å². The van der Waals surface area contributed by atoms with E-state index in [2.05, 4.69) is 5.32 Å². The number of rotatable bonds is 22. The molecule has 2 atom stereocenters. The molecule has 0 aliphatic carbocycles. The fourth-order valence-corrected chi connectivity index (χ4v) is 5.32. The van der Waals surface area contributed by atoms with Gasteiger partial charge in [0.25, 0.3) is 0 Å². The second-order valence-corrected chi connectivity index (χ2v) is 10.2. The molecule has 11 heteroatoms. The lowest BCUT2D eigenvalue weighted by atomic mass is 10.1. The van der Waals surface area contributed by atoms with E-state index in [0.717, 1.165) is 73.0 Å². The minimum absolute atomic E-state index is 0.158. The Kier molecular flexibility index (Phi) is 19.5. The number of nitrogens with one attached hydrogen (secondary N) is 1. The average molecular weight is 494 g/mol. The Hall–Kier alpha value is -1.30. The van der Waals surface area contributed by atoms with Crippen molar-refractivity contribution in [1.29, 1.82) is 0 Å². The summed E-state index contributed by atoms with van der Waals surface area (Å²) in [7, 11) is 1.55. The van der Waals surface area contributed by atoms with E-state index in [-0.39, 0.29) is 24.5 Å². The summed E-state index contributed by atoms with van der Waals surface area (Å²) in [5.74, 6) is -2.98. The van der Waals surface area contributed by atoms with E-state index < -0.39 is 22.6 Å². The van der Waals surface area contributed by atoms with Crippen LogP contribution in [0.15, 0.2) is 0 Å².